The molecule has 2 aromatic rings. The summed E-state index contributed by atoms with van der Waals surface area (Å²) in [5.74, 6) is 2.15. The number of aliphatic hydroxyl groups is 1. The standard InChI is InChI=1S/C24H28N4O3/c29-24-8-2-1-7-21(24)23-14-22(18-6-5-11-25-15-18)26-28(23)30-17-20-10-9-19(31-20)16-27-12-3-4-13-27/h1,5-7,9-11,15,23,29H,2-4,8,12-14,16-17H2. The molecule has 1 saturated heterocycles. The molecule has 162 valence electrons. The maximum absolute atomic E-state index is 10.5. The summed E-state index contributed by atoms with van der Waals surface area (Å²) in [6.45, 7) is 3.42. The summed E-state index contributed by atoms with van der Waals surface area (Å²) in [5, 5.41) is 16.8. The zero-order valence-electron chi connectivity index (χ0n) is 17.6. The third-order valence-corrected chi connectivity index (χ3v) is 6.04. The van der Waals surface area contributed by atoms with Gasteiger partial charge in [0.15, 0.2) is 0 Å². The molecule has 1 N–H and O–H groups in total. The number of hydrogen-bond acceptors (Lipinski definition) is 7. The van der Waals surface area contributed by atoms with E-state index in [2.05, 4.69) is 16.0 Å². The number of allylic oxidation sites excluding steroid dienone is 2. The van der Waals surface area contributed by atoms with Crippen molar-refractivity contribution in [3.8, 4) is 0 Å². The van der Waals surface area contributed by atoms with Gasteiger partial charge >= 0.3 is 0 Å². The lowest BCUT2D eigenvalue weighted by Crippen LogP contribution is -2.29. The molecule has 1 unspecified atom stereocenters. The summed E-state index contributed by atoms with van der Waals surface area (Å²) in [5.41, 5.74) is 2.72. The monoisotopic (exact) mass is 420 g/mol. The number of hydroxylamine groups is 1. The molecular weight excluding hydrogens is 392 g/mol. The molecule has 0 spiro atoms. The van der Waals surface area contributed by atoms with Crippen LogP contribution >= 0.6 is 0 Å². The summed E-state index contributed by atoms with van der Waals surface area (Å²) >= 11 is 0. The lowest BCUT2D eigenvalue weighted by Gasteiger charge is -2.25. The number of pyridine rings is 1. The first-order chi connectivity index (χ1) is 15.3. The molecule has 7 heteroatoms. The molecule has 0 radical (unpaired) electrons. The first kappa shape index (κ1) is 20.0. The lowest BCUT2D eigenvalue weighted by molar-refractivity contribution is -0.184. The Balaban J connectivity index is 1.30. The van der Waals surface area contributed by atoms with Crippen molar-refractivity contribution in [2.24, 2.45) is 5.10 Å². The molecule has 1 atom stereocenters. The fourth-order valence-electron chi connectivity index (χ4n) is 4.40. The maximum Gasteiger partial charge on any atom is 0.135 e. The molecular formula is C24H28N4O3. The Hall–Kier alpha value is -2.90. The van der Waals surface area contributed by atoms with E-state index in [9.17, 15) is 5.11 Å². The zero-order valence-corrected chi connectivity index (χ0v) is 17.6. The van der Waals surface area contributed by atoms with Crippen molar-refractivity contribution < 1.29 is 14.4 Å². The average molecular weight is 421 g/mol. The molecule has 5 rings (SSSR count). The summed E-state index contributed by atoms with van der Waals surface area (Å²) < 4.78 is 5.99. The van der Waals surface area contributed by atoms with E-state index in [0.717, 1.165) is 54.4 Å². The molecule has 1 aliphatic carbocycles. The van der Waals surface area contributed by atoms with Crippen LogP contribution in [0.2, 0.25) is 0 Å². The summed E-state index contributed by atoms with van der Waals surface area (Å²) in [4.78, 5) is 12.7. The van der Waals surface area contributed by atoms with Crippen LogP contribution in [0, 0.1) is 0 Å². The van der Waals surface area contributed by atoms with Crippen LogP contribution < -0.4 is 0 Å². The Morgan fingerprint density at radius 1 is 1.16 bits per heavy atom. The number of hydrazone groups is 1. The van der Waals surface area contributed by atoms with Crippen LogP contribution in [0.4, 0.5) is 0 Å². The van der Waals surface area contributed by atoms with E-state index < -0.39 is 0 Å². The predicted molar refractivity (Wildman–Crippen MR) is 117 cm³/mol. The highest BCUT2D eigenvalue weighted by Crippen LogP contribution is 2.31. The minimum absolute atomic E-state index is 0.175. The van der Waals surface area contributed by atoms with Crippen molar-refractivity contribution in [2.75, 3.05) is 13.1 Å². The maximum atomic E-state index is 10.5. The number of likely N-dealkylation sites (tertiary alicyclic amines) is 1. The highest BCUT2D eigenvalue weighted by Gasteiger charge is 2.33. The van der Waals surface area contributed by atoms with Crippen LogP contribution in [0.15, 0.2) is 69.7 Å². The Morgan fingerprint density at radius 3 is 2.84 bits per heavy atom. The molecule has 7 nitrogen and oxygen atoms in total. The zero-order chi connectivity index (χ0) is 21.0. The van der Waals surface area contributed by atoms with Gasteiger partial charge in [0, 0.05) is 36.4 Å². The van der Waals surface area contributed by atoms with Crippen molar-refractivity contribution >= 4 is 5.71 Å². The van der Waals surface area contributed by atoms with Gasteiger partial charge in [-0.25, -0.2) is 4.84 Å². The first-order valence-corrected chi connectivity index (χ1v) is 11.0. The van der Waals surface area contributed by atoms with Gasteiger partial charge in [-0.15, -0.1) is 0 Å². The number of aliphatic hydroxyl groups excluding tert-OH is 1. The lowest BCUT2D eigenvalue weighted by atomic mass is 9.94. The van der Waals surface area contributed by atoms with Gasteiger partial charge in [-0.05, 0) is 50.6 Å². The number of hydrogen-bond donors (Lipinski definition) is 1. The number of nitrogens with zero attached hydrogens (tertiary/aromatic N) is 4. The highest BCUT2D eigenvalue weighted by atomic mass is 16.7. The third kappa shape index (κ3) is 4.57. The summed E-state index contributed by atoms with van der Waals surface area (Å²) in [6.07, 6.45) is 12.3. The Bertz CT molecular complexity index is 989. The quantitative estimate of drug-likeness (QED) is 0.718. The van der Waals surface area contributed by atoms with Crippen molar-refractivity contribution in [2.45, 2.75) is 51.3 Å². The normalized spacial score (nSPS) is 21.9. The molecule has 0 aromatic carbocycles. The van der Waals surface area contributed by atoms with E-state index in [1.165, 1.54) is 12.8 Å². The third-order valence-electron chi connectivity index (χ3n) is 6.04. The second kappa shape index (κ2) is 9.08. The van der Waals surface area contributed by atoms with Crippen LogP contribution in [0.5, 0.6) is 0 Å². The number of aromatic nitrogens is 1. The molecule has 4 heterocycles. The second-order valence-electron chi connectivity index (χ2n) is 8.28. The molecule has 31 heavy (non-hydrogen) atoms. The van der Waals surface area contributed by atoms with Crippen LogP contribution in [0.25, 0.3) is 0 Å². The molecule has 1 fully saturated rings. The van der Waals surface area contributed by atoms with Crippen LogP contribution in [-0.4, -0.2) is 45.0 Å². The van der Waals surface area contributed by atoms with E-state index in [1.807, 2.05) is 36.5 Å². The topological polar surface area (TPSA) is 74.3 Å². The fourth-order valence-corrected chi connectivity index (χ4v) is 4.40. The Kier molecular flexibility index (Phi) is 5.86. The first-order valence-electron chi connectivity index (χ1n) is 11.0. The minimum atomic E-state index is -0.175. The van der Waals surface area contributed by atoms with Crippen molar-refractivity contribution in [3.63, 3.8) is 0 Å². The van der Waals surface area contributed by atoms with E-state index in [4.69, 9.17) is 14.4 Å². The average Bonchev–Trinajstić information content (AvgIpc) is 3.55. The molecule has 2 aromatic heterocycles. The molecule has 0 bridgehead atoms. The second-order valence-corrected chi connectivity index (χ2v) is 8.28. The van der Waals surface area contributed by atoms with Crippen molar-refractivity contribution in [1.82, 2.24) is 15.1 Å². The molecule has 3 aliphatic rings. The van der Waals surface area contributed by atoms with E-state index in [0.29, 0.717) is 18.6 Å². The Morgan fingerprint density at radius 2 is 2.03 bits per heavy atom. The molecule has 2 aliphatic heterocycles. The minimum Gasteiger partial charge on any atom is -0.512 e. The molecule has 0 saturated carbocycles. The van der Waals surface area contributed by atoms with Gasteiger partial charge in [-0.1, -0.05) is 18.2 Å². The summed E-state index contributed by atoms with van der Waals surface area (Å²) in [6, 6.07) is 7.72. The molecule has 0 amide bonds. The number of furan rings is 1. The van der Waals surface area contributed by atoms with Gasteiger partial charge in [0.1, 0.15) is 24.2 Å². The van der Waals surface area contributed by atoms with Crippen LogP contribution in [0.3, 0.4) is 0 Å². The SMILES string of the molecule is OC1=C(C2CC(c3cccnc3)=NN2OCc2ccc(CN3CCCC3)o2)C=CCC1. The smallest absolute Gasteiger partial charge is 0.135 e. The van der Waals surface area contributed by atoms with E-state index in [-0.39, 0.29) is 12.6 Å². The van der Waals surface area contributed by atoms with Crippen molar-refractivity contribution in [3.05, 3.63) is 77.2 Å². The van der Waals surface area contributed by atoms with E-state index >= 15 is 0 Å². The highest BCUT2D eigenvalue weighted by molar-refractivity contribution is 6.01. The van der Waals surface area contributed by atoms with Crippen LogP contribution in [-0.2, 0) is 18.0 Å². The summed E-state index contributed by atoms with van der Waals surface area (Å²) in [7, 11) is 0. The van der Waals surface area contributed by atoms with Gasteiger partial charge in [0.25, 0.3) is 0 Å². The predicted octanol–water partition coefficient (Wildman–Crippen LogP) is 4.34. The largest absolute Gasteiger partial charge is 0.512 e. The van der Waals surface area contributed by atoms with Gasteiger partial charge in [-0.2, -0.15) is 10.3 Å². The van der Waals surface area contributed by atoms with Crippen molar-refractivity contribution in [1.29, 1.82) is 0 Å². The fraction of sp³-hybridized carbons (Fsp3) is 0.417. The van der Waals surface area contributed by atoms with Gasteiger partial charge in [-0.3, -0.25) is 9.88 Å². The van der Waals surface area contributed by atoms with Gasteiger partial charge < -0.3 is 9.52 Å². The van der Waals surface area contributed by atoms with Gasteiger partial charge in [0.05, 0.1) is 18.0 Å². The van der Waals surface area contributed by atoms with Crippen LogP contribution in [0.1, 0.15) is 49.2 Å². The Labute approximate surface area is 182 Å². The van der Waals surface area contributed by atoms with Gasteiger partial charge in [0.2, 0.25) is 0 Å². The van der Waals surface area contributed by atoms with E-state index in [1.54, 1.807) is 11.4 Å². The number of rotatable bonds is 7.